The monoisotopic (exact) mass is 272 g/mol. The van der Waals surface area contributed by atoms with E-state index in [1.54, 1.807) is 12.4 Å². The molecule has 2 rings (SSSR count). The van der Waals surface area contributed by atoms with E-state index in [4.69, 9.17) is 4.74 Å². The van der Waals surface area contributed by atoms with Crippen molar-refractivity contribution in [3.8, 4) is 17.1 Å². The Morgan fingerprint density at radius 1 is 1.05 bits per heavy atom. The van der Waals surface area contributed by atoms with Gasteiger partial charge in [-0.05, 0) is 24.0 Å². The van der Waals surface area contributed by atoms with Crippen LogP contribution in [0, 0.1) is 0 Å². The Bertz CT molecular complexity index is 523. The van der Waals surface area contributed by atoms with Crippen LogP contribution in [0.25, 0.3) is 11.1 Å². The molecule has 0 radical (unpaired) electrons. The first kappa shape index (κ1) is 14.5. The van der Waals surface area contributed by atoms with E-state index in [1.807, 2.05) is 38.1 Å². The van der Waals surface area contributed by atoms with Gasteiger partial charge in [-0.3, -0.25) is 0 Å². The number of aliphatic hydroxyl groups is 1. The SMILES string of the molecule is CCCOc1ncc(-c2ccc(C(O)CC)cc2)cn1. The average Bonchev–Trinajstić information content (AvgIpc) is 2.53. The van der Waals surface area contributed by atoms with Crippen LogP contribution in [-0.2, 0) is 0 Å². The van der Waals surface area contributed by atoms with Crippen LogP contribution in [0.2, 0.25) is 0 Å². The molecule has 0 aliphatic carbocycles. The molecule has 4 nitrogen and oxygen atoms in total. The lowest BCUT2D eigenvalue weighted by Crippen LogP contribution is -1.99. The molecule has 1 unspecified atom stereocenters. The summed E-state index contributed by atoms with van der Waals surface area (Å²) >= 11 is 0. The van der Waals surface area contributed by atoms with Gasteiger partial charge >= 0.3 is 6.01 Å². The molecule has 1 N–H and O–H groups in total. The molecular formula is C16H20N2O2. The van der Waals surface area contributed by atoms with Crippen LogP contribution < -0.4 is 4.74 Å². The Morgan fingerprint density at radius 3 is 2.25 bits per heavy atom. The number of aliphatic hydroxyl groups excluding tert-OH is 1. The van der Waals surface area contributed by atoms with E-state index in [9.17, 15) is 5.11 Å². The number of aromatic nitrogens is 2. The van der Waals surface area contributed by atoms with Gasteiger partial charge in [0.2, 0.25) is 0 Å². The molecule has 0 bridgehead atoms. The molecule has 0 saturated carbocycles. The van der Waals surface area contributed by atoms with E-state index >= 15 is 0 Å². The normalized spacial score (nSPS) is 12.2. The van der Waals surface area contributed by atoms with Crippen LogP contribution in [0.3, 0.4) is 0 Å². The van der Waals surface area contributed by atoms with Gasteiger partial charge in [-0.1, -0.05) is 38.1 Å². The summed E-state index contributed by atoms with van der Waals surface area (Å²) in [5, 5.41) is 9.77. The van der Waals surface area contributed by atoms with E-state index in [0.717, 1.165) is 23.1 Å². The van der Waals surface area contributed by atoms with Gasteiger partial charge in [-0.15, -0.1) is 0 Å². The zero-order chi connectivity index (χ0) is 14.4. The molecule has 0 aliphatic rings. The lowest BCUT2D eigenvalue weighted by Gasteiger charge is -2.09. The minimum atomic E-state index is -0.398. The van der Waals surface area contributed by atoms with Crippen molar-refractivity contribution < 1.29 is 9.84 Å². The van der Waals surface area contributed by atoms with Gasteiger partial charge in [0.1, 0.15) is 0 Å². The molecule has 1 aromatic carbocycles. The largest absolute Gasteiger partial charge is 0.463 e. The van der Waals surface area contributed by atoms with Crippen LogP contribution in [0.1, 0.15) is 38.4 Å². The molecule has 4 heteroatoms. The summed E-state index contributed by atoms with van der Waals surface area (Å²) < 4.78 is 5.36. The fourth-order valence-electron chi connectivity index (χ4n) is 1.87. The first-order valence-corrected chi connectivity index (χ1v) is 6.97. The van der Waals surface area contributed by atoms with Crippen molar-refractivity contribution in [1.29, 1.82) is 0 Å². The summed E-state index contributed by atoms with van der Waals surface area (Å²) in [5.41, 5.74) is 2.89. The van der Waals surface area contributed by atoms with E-state index in [0.29, 0.717) is 19.0 Å². The number of ether oxygens (including phenoxy) is 1. The molecule has 0 amide bonds. The Hall–Kier alpha value is -1.94. The summed E-state index contributed by atoms with van der Waals surface area (Å²) in [6.45, 7) is 4.63. The minimum absolute atomic E-state index is 0.398. The lowest BCUT2D eigenvalue weighted by atomic mass is 10.0. The molecule has 0 saturated heterocycles. The predicted octanol–water partition coefficient (Wildman–Crippen LogP) is 3.38. The fourth-order valence-corrected chi connectivity index (χ4v) is 1.87. The van der Waals surface area contributed by atoms with Gasteiger partial charge in [-0.2, -0.15) is 0 Å². The molecule has 0 spiro atoms. The van der Waals surface area contributed by atoms with Gasteiger partial charge in [0, 0.05) is 18.0 Å². The van der Waals surface area contributed by atoms with Crippen LogP contribution >= 0.6 is 0 Å². The third-order valence-corrected chi connectivity index (χ3v) is 3.08. The molecular weight excluding hydrogens is 252 g/mol. The second-order valence-corrected chi connectivity index (χ2v) is 4.65. The maximum Gasteiger partial charge on any atom is 0.316 e. The number of rotatable bonds is 6. The first-order chi connectivity index (χ1) is 9.74. The highest BCUT2D eigenvalue weighted by atomic mass is 16.5. The van der Waals surface area contributed by atoms with Crippen molar-refractivity contribution >= 4 is 0 Å². The quantitative estimate of drug-likeness (QED) is 0.876. The average molecular weight is 272 g/mol. The van der Waals surface area contributed by atoms with E-state index in [-0.39, 0.29) is 0 Å². The minimum Gasteiger partial charge on any atom is -0.463 e. The van der Waals surface area contributed by atoms with Gasteiger partial charge in [-0.25, -0.2) is 9.97 Å². The highest BCUT2D eigenvalue weighted by Crippen LogP contribution is 2.22. The summed E-state index contributed by atoms with van der Waals surface area (Å²) in [6.07, 6.45) is 4.76. The van der Waals surface area contributed by atoms with Crippen molar-refractivity contribution in [3.05, 3.63) is 42.2 Å². The van der Waals surface area contributed by atoms with Crippen LogP contribution in [0.4, 0.5) is 0 Å². The van der Waals surface area contributed by atoms with Gasteiger partial charge in [0.15, 0.2) is 0 Å². The summed E-state index contributed by atoms with van der Waals surface area (Å²) in [6, 6.07) is 8.23. The Morgan fingerprint density at radius 2 is 1.70 bits per heavy atom. The number of hydrogen-bond acceptors (Lipinski definition) is 4. The lowest BCUT2D eigenvalue weighted by molar-refractivity contribution is 0.173. The molecule has 1 aromatic heterocycles. The van der Waals surface area contributed by atoms with Crippen LogP contribution in [-0.4, -0.2) is 21.7 Å². The van der Waals surface area contributed by atoms with E-state index < -0.39 is 6.10 Å². The number of hydrogen-bond donors (Lipinski definition) is 1. The molecule has 1 heterocycles. The predicted molar refractivity (Wildman–Crippen MR) is 78.5 cm³/mol. The Balaban J connectivity index is 2.11. The highest BCUT2D eigenvalue weighted by Gasteiger charge is 2.06. The van der Waals surface area contributed by atoms with Crippen molar-refractivity contribution in [2.24, 2.45) is 0 Å². The summed E-state index contributed by atoms with van der Waals surface area (Å²) in [4.78, 5) is 8.37. The second kappa shape index (κ2) is 7.01. The summed E-state index contributed by atoms with van der Waals surface area (Å²) in [5.74, 6) is 0. The third kappa shape index (κ3) is 3.54. The first-order valence-electron chi connectivity index (χ1n) is 6.97. The topological polar surface area (TPSA) is 55.2 Å². The Labute approximate surface area is 119 Å². The molecule has 0 fully saturated rings. The smallest absolute Gasteiger partial charge is 0.316 e. The standard InChI is InChI=1S/C16H20N2O2/c1-3-9-20-16-17-10-14(11-18-16)12-5-7-13(8-6-12)15(19)4-2/h5-8,10-11,15,19H,3-4,9H2,1-2H3. The van der Waals surface area contributed by atoms with E-state index in [1.165, 1.54) is 0 Å². The van der Waals surface area contributed by atoms with E-state index in [2.05, 4.69) is 9.97 Å². The number of benzene rings is 1. The highest BCUT2D eigenvalue weighted by molar-refractivity contribution is 5.61. The molecule has 0 aliphatic heterocycles. The maximum absolute atomic E-state index is 9.77. The fraction of sp³-hybridized carbons (Fsp3) is 0.375. The van der Waals surface area contributed by atoms with Gasteiger partial charge in [0.05, 0.1) is 12.7 Å². The second-order valence-electron chi connectivity index (χ2n) is 4.65. The summed E-state index contributed by atoms with van der Waals surface area (Å²) in [7, 11) is 0. The van der Waals surface area contributed by atoms with Gasteiger partial charge < -0.3 is 9.84 Å². The maximum atomic E-state index is 9.77. The number of nitrogens with zero attached hydrogens (tertiary/aromatic N) is 2. The molecule has 106 valence electrons. The molecule has 20 heavy (non-hydrogen) atoms. The van der Waals surface area contributed by atoms with Crippen LogP contribution in [0.5, 0.6) is 6.01 Å². The van der Waals surface area contributed by atoms with Crippen LogP contribution in [0.15, 0.2) is 36.7 Å². The van der Waals surface area contributed by atoms with Crippen molar-refractivity contribution in [2.75, 3.05) is 6.61 Å². The van der Waals surface area contributed by atoms with Crippen molar-refractivity contribution in [1.82, 2.24) is 9.97 Å². The third-order valence-electron chi connectivity index (χ3n) is 3.08. The molecule has 1 atom stereocenters. The van der Waals surface area contributed by atoms with Crippen molar-refractivity contribution in [2.45, 2.75) is 32.8 Å². The zero-order valence-electron chi connectivity index (χ0n) is 11.9. The molecule has 2 aromatic rings. The van der Waals surface area contributed by atoms with Gasteiger partial charge in [0.25, 0.3) is 0 Å². The van der Waals surface area contributed by atoms with Crippen molar-refractivity contribution in [3.63, 3.8) is 0 Å². The Kier molecular flexibility index (Phi) is 5.07. The zero-order valence-corrected chi connectivity index (χ0v) is 11.9.